The maximum atomic E-state index is 12.4. The van der Waals surface area contributed by atoms with Gasteiger partial charge in [-0.05, 0) is 26.0 Å². The Morgan fingerprint density at radius 3 is 2.68 bits per heavy atom. The molecule has 0 spiro atoms. The SMILES string of the molecule is C[C@@H]1CN(C(=O)c2nc(NN)ccc2Cl)C[C@H](C)O1. The zero-order valence-corrected chi connectivity index (χ0v) is 11.6. The first-order valence-electron chi connectivity index (χ1n) is 6.09. The Hall–Kier alpha value is -1.37. The molecular weight excluding hydrogens is 268 g/mol. The molecule has 1 aromatic rings. The van der Waals surface area contributed by atoms with Crippen LogP contribution in [-0.2, 0) is 4.74 Å². The second-order valence-corrected chi connectivity index (χ2v) is 5.05. The maximum absolute atomic E-state index is 12.4. The van der Waals surface area contributed by atoms with E-state index in [1.165, 1.54) is 0 Å². The number of morpholine rings is 1. The number of hydrogen-bond acceptors (Lipinski definition) is 5. The van der Waals surface area contributed by atoms with Crippen molar-refractivity contribution in [2.24, 2.45) is 5.84 Å². The molecule has 19 heavy (non-hydrogen) atoms. The minimum Gasteiger partial charge on any atom is -0.372 e. The lowest BCUT2D eigenvalue weighted by Crippen LogP contribution is -2.48. The molecule has 2 rings (SSSR count). The summed E-state index contributed by atoms with van der Waals surface area (Å²) in [5.74, 6) is 5.49. The van der Waals surface area contributed by atoms with E-state index in [1.54, 1.807) is 17.0 Å². The van der Waals surface area contributed by atoms with E-state index in [9.17, 15) is 4.79 Å². The summed E-state index contributed by atoms with van der Waals surface area (Å²) in [5.41, 5.74) is 2.61. The molecule has 104 valence electrons. The van der Waals surface area contributed by atoms with Gasteiger partial charge in [0.2, 0.25) is 0 Å². The highest BCUT2D eigenvalue weighted by Crippen LogP contribution is 2.20. The predicted octanol–water partition coefficient (Wildman–Crippen LogP) is 1.27. The largest absolute Gasteiger partial charge is 0.372 e. The number of nitrogens with zero attached hydrogens (tertiary/aromatic N) is 2. The minimum absolute atomic E-state index is 0.00212. The zero-order chi connectivity index (χ0) is 14.0. The monoisotopic (exact) mass is 284 g/mol. The zero-order valence-electron chi connectivity index (χ0n) is 10.9. The number of hydrazine groups is 1. The summed E-state index contributed by atoms with van der Waals surface area (Å²) in [7, 11) is 0. The fourth-order valence-corrected chi connectivity index (χ4v) is 2.35. The Balaban J connectivity index is 2.23. The van der Waals surface area contributed by atoms with Gasteiger partial charge >= 0.3 is 0 Å². The first-order chi connectivity index (χ1) is 9.01. The van der Waals surface area contributed by atoms with E-state index >= 15 is 0 Å². The molecule has 1 amide bonds. The number of pyridine rings is 1. The van der Waals surface area contributed by atoms with Crippen LogP contribution in [0, 0.1) is 0 Å². The standard InChI is InChI=1S/C12H17ClN4O2/c1-7-5-17(6-8(2)19-7)12(18)11-9(13)3-4-10(15-11)16-14/h3-4,7-8H,5-6,14H2,1-2H3,(H,15,16)/t7-,8+. The first kappa shape index (κ1) is 14.0. The highest BCUT2D eigenvalue weighted by molar-refractivity contribution is 6.33. The van der Waals surface area contributed by atoms with Crippen molar-refractivity contribution in [1.82, 2.24) is 9.88 Å². The number of halogens is 1. The number of nitrogens with two attached hydrogens (primary N) is 1. The Labute approximate surface area is 116 Å². The van der Waals surface area contributed by atoms with Crippen LogP contribution >= 0.6 is 11.6 Å². The molecule has 1 fully saturated rings. The quantitative estimate of drug-likeness (QED) is 0.631. The van der Waals surface area contributed by atoms with Crippen LogP contribution in [0.5, 0.6) is 0 Å². The summed E-state index contributed by atoms with van der Waals surface area (Å²) < 4.78 is 5.60. The number of amides is 1. The Kier molecular flexibility index (Phi) is 4.24. The van der Waals surface area contributed by atoms with Crippen molar-refractivity contribution in [3.05, 3.63) is 22.8 Å². The fourth-order valence-electron chi connectivity index (χ4n) is 2.17. The summed E-state index contributed by atoms with van der Waals surface area (Å²) >= 11 is 6.03. The summed E-state index contributed by atoms with van der Waals surface area (Å²) in [6.07, 6.45) is 0.00424. The third kappa shape index (κ3) is 3.15. The van der Waals surface area contributed by atoms with Crippen LogP contribution in [0.25, 0.3) is 0 Å². The van der Waals surface area contributed by atoms with Gasteiger partial charge in [0.05, 0.1) is 17.2 Å². The minimum atomic E-state index is -0.205. The van der Waals surface area contributed by atoms with E-state index in [4.69, 9.17) is 22.2 Å². The van der Waals surface area contributed by atoms with Gasteiger partial charge in [-0.25, -0.2) is 10.8 Å². The molecule has 3 N–H and O–H groups in total. The molecular formula is C12H17ClN4O2. The van der Waals surface area contributed by atoms with E-state index in [-0.39, 0.29) is 23.8 Å². The topological polar surface area (TPSA) is 80.5 Å². The van der Waals surface area contributed by atoms with E-state index in [2.05, 4.69) is 10.4 Å². The number of ether oxygens (including phenoxy) is 1. The molecule has 2 heterocycles. The van der Waals surface area contributed by atoms with E-state index in [0.29, 0.717) is 23.9 Å². The predicted molar refractivity (Wildman–Crippen MR) is 73.0 cm³/mol. The molecule has 0 radical (unpaired) electrons. The maximum Gasteiger partial charge on any atom is 0.274 e. The first-order valence-corrected chi connectivity index (χ1v) is 6.47. The van der Waals surface area contributed by atoms with E-state index in [0.717, 1.165) is 0 Å². The average molecular weight is 285 g/mol. The van der Waals surface area contributed by atoms with Gasteiger partial charge in [0.1, 0.15) is 11.5 Å². The van der Waals surface area contributed by atoms with Crippen molar-refractivity contribution in [2.75, 3.05) is 18.5 Å². The van der Waals surface area contributed by atoms with Gasteiger partial charge in [-0.3, -0.25) is 4.79 Å². The van der Waals surface area contributed by atoms with Crippen LogP contribution in [0.1, 0.15) is 24.3 Å². The highest BCUT2D eigenvalue weighted by Gasteiger charge is 2.28. The third-order valence-corrected chi connectivity index (χ3v) is 3.21. The number of nitrogens with one attached hydrogen (secondary N) is 1. The Morgan fingerprint density at radius 1 is 1.47 bits per heavy atom. The molecule has 1 aromatic heterocycles. The number of carbonyl (C=O) groups is 1. The normalized spacial score (nSPS) is 23.3. The van der Waals surface area contributed by atoms with Crippen molar-refractivity contribution < 1.29 is 9.53 Å². The Bertz CT molecular complexity index is 473. The molecule has 2 atom stereocenters. The van der Waals surface area contributed by atoms with Crippen LogP contribution in [-0.4, -0.2) is 41.1 Å². The van der Waals surface area contributed by atoms with Gasteiger partial charge in [0, 0.05) is 13.1 Å². The summed E-state index contributed by atoms with van der Waals surface area (Å²) in [5, 5.41) is 0.316. The van der Waals surface area contributed by atoms with Crippen molar-refractivity contribution in [3.8, 4) is 0 Å². The lowest BCUT2D eigenvalue weighted by Gasteiger charge is -2.35. The van der Waals surface area contributed by atoms with Gasteiger partial charge in [-0.2, -0.15) is 0 Å². The summed E-state index contributed by atoms with van der Waals surface area (Å²) in [4.78, 5) is 18.3. The van der Waals surface area contributed by atoms with Crippen LogP contribution in [0.3, 0.4) is 0 Å². The molecule has 0 saturated carbocycles. The molecule has 6 nitrogen and oxygen atoms in total. The van der Waals surface area contributed by atoms with Crippen molar-refractivity contribution >= 4 is 23.3 Å². The molecule has 1 saturated heterocycles. The van der Waals surface area contributed by atoms with E-state index < -0.39 is 0 Å². The summed E-state index contributed by atoms with van der Waals surface area (Å²) in [6.45, 7) is 4.93. The molecule has 1 aliphatic rings. The number of nitrogen functional groups attached to an aromatic ring is 1. The molecule has 0 aliphatic carbocycles. The molecule has 0 bridgehead atoms. The summed E-state index contributed by atoms with van der Waals surface area (Å²) in [6, 6.07) is 3.22. The number of hydrogen-bond donors (Lipinski definition) is 2. The van der Waals surface area contributed by atoms with Crippen LogP contribution in [0.4, 0.5) is 5.82 Å². The van der Waals surface area contributed by atoms with Crippen LogP contribution < -0.4 is 11.3 Å². The van der Waals surface area contributed by atoms with Gasteiger partial charge in [0.15, 0.2) is 0 Å². The average Bonchev–Trinajstić information content (AvgIpc) is 2.37. The van der Waals surface area contributed by atoms with Crippen LogP contribution in [0.15, 0.2) is 12.1 Å². The lowest BCUT2D eigenvalue weighted by atomic mass is 10.2. The fraction of sp³-hybridized carbons (Fsp3) is 0.500. The van der Waals surface area contributed by atoms with Gasteiger partial charge in [0.25, 0.3) is 5.91 Å². The highest BCUT2D eigenvalue weighted by atomic mass is 35.5. The molecule has 1 aliphatic heterocycles. The number of carbonyl (C=O) groups excluding carboxylic acids is 1. The van der Waals surface area contributed by atoms with Crippen molar-refractivity contribution in [3.63, 3.8) is 0 Å². The lowest BCUT2D eigenvalue weighted by molar-refractivity contribution is -0.0587. The van der Waals surface area contributed by atoms with Crippen molar-refractivity contribution in [1.29, 1.82) is 0 Å². The second kappa shape index (κ2) is 5.73. The van der Waals surface area contributed by atoms with Gasteiger partial charge in [-0.1, -0.05) is 11.6 Å². The smallest absolute Gasteiger partial charge is 0.274 e. The second-order valence-electron chi connectivity index (χ2n) is 4.64. The number of anilines is 1. The molecule has 0 unspecified atom stereocenters. The van der Waals surface area contributed by atoms with Gasteiger partial charge < -0.3 is 15.1 Å². The van der Waals surface area contributed by atoms with E-state index in [1.807, 2.05) is 13.8 Å². The third-order valence-electron chi connectivity index (χ3n) is 2.90. The molecule has 7 heteroatoms. The van der Waals surface area contributed by atoms with Gasteiger partial charge in [-0.15, -0.1) is 0 Å². The van der Waals surface area contributed by atoms with Crippen molar-refractivity contribution in [2.45, 2.75) is 26.1 Å². The number of aromatic nitrogens is 1. The van der Waals surface area contributed by atoms with Crippen LogP contribution in [0.2, 0.25) is 5.02 Å². The number of rotatable bonds is 2. The Morgan fingerprint density at radius 2 is 2.11 bits per heavy atom. The molecule has 0 aromatic carbocycles.